The Labute approximate surface area is 144 Å². The first kappa shape index (κ1) is 15.7. The quantitative estimate of drug-likeness (QED) is 0.911. The van der Waals surface area contributed by atoms with Gasteiger partial charge < -0.3 is 10.1 Å². The van der Waals surface area contributed by atoms with Gasteiger partial charge in [-0.3, -0.25) is 14.4 Å². The molecule has 1 N–H and O–H groups in total. The number of aromatic nitrogens is 3. The summed E-state index contributed by atoms with van der Waals surface area (Å²) in [5, 5.41) is 9.96. The lowest BCUT2D eigenvalue weighted by Gasteiger charge is -2.28. The van der Waals surface area contributed by atoms with Gasteiger partial charge in [0.2, 0.25) is 5.91 Å². The molecule has 4 rings (SSSR count). The molecule has 1 fully saturated rings. The fourth-order valence-corrected chi connectivity index (χ4v) is 4.04. The summed E-state index contributed by atoms with van der Waals surface area (Å²) in [5.41, 5.74) is 2.08. The van der Waals surface area contributed by atoms with E-state index in [9.17, 15) is 4.79 Å². The van der Waals surface area contributed by atoms with Gasteiger partial charge in [0.05, 0.1) is 30.5 Å². The van der Waals surface area contributed by atoms with Crippen LogP contribution < -0.4 is 5.32 Å². The summed E-state index contributed by atoms with van der Waals surface area (Å²) in [6, 6.07) is 2.41. The normalized spacial score (nSPS) is 24.5. The molecule has 8 heteroatoms. The van der Waals surface area contributed by atoms with Crippen molar-refractivity contribution >= 4 is 22.4 Å². The fraction of sp³-hybridized carbons (Fsp3) is 0.562. The summed E-state index contributed by atoms with van der Waals surface area (Å²) in [6.45, 7) is 5.60. The van der Waals surface area contributed by atoms with Crippen LogP contribution in [0.15, 0.2) is 17.6 Å². The summed E-state index contributed by atoms with van der Waals surface area (Å²) < 4.78 is 7.49. The maximum absolute atomic E-state index is 12.8. The molecule has 7 nitrogen and oxygen atoms in total. The van der Waals surface area contributed by atoms with Gasteiger partial charge in [-0.15, -0.1) is 11.3 Å². The van der Waals surface area contributed by atoms with E-state index in [4.69, 9.17) is 4.74 Å². The second-order valence-corrected chi connectivity index (χ2v) is 7.29. The number of nitrogens with zero attached hydrogens (tertiary/aromatic N) is 4. The number of hydrogen-bond donors (Lipinski definition) is 1. The molecule has 2 aliphatic rings. The first-order valence-electron chi connectivity index (χ1n) is 8.24. The average molecular weight is 347 g/mol. The van der Waals surface area contributed by atoms with Gasteiger partial charge in [-0.2, -0.15) is 5.10 Å². The number of amides is 1. The van der Waals surface area contributed by atoms with Gasteiger partial charge in [0.15, 0.2) is 5.13 Å². The second kappa shape index (κ2) is 6.62. The minimum absolute atomic E-state index is 0.0108. The molecule has 1 saturated heterocycles. The average Bonchev–Trinajstić information content (AvgIpc) is 3.28. The van der Waals surface area contributed by atoms with E-state index in [-0.39, 0.29) is 11.8 Å². The van der Waals surface area contributed by atoms with Crippen LogP contribution in [-0.2, 0) is 22.6 Å². The number of ether oxygens (including phenoxy) is 1. The molecule has 2 unspecified atom stereocenters. The standard InChI is InChI=1S/C16H21N5O2S/c1-11-10-24-16(18-11)19-15(22)12-6-20(14-3-5-23-9-14)8-13-2-4-17-21(13)7-12/h2,4,10,12,14H,3,5-9H2,1H3,(H,18,19,22). The van der Waals surface area contributed by atoms with E-state index in [1.165, 1.54) is 11.3 Å². The number of fused-ring (bicyclic) bond motifs is 1. The largest absolute Gasteiger partial charge is 0.380 e. The lowest BCUT2D eigenvalue weighted by atomic mass is 10.1. The van der Waals surface area contributed by atoms with E-state index in [0.29, 0.717) is 24.3 Å². The van der Waals surface area contributed by atoms with Crippen LogP contribution in [0.3, 0.4) is 0 Å². The molecule has 0 aromatic carbocycles. The van der Waals surface area contributed by atoms with Crippen LogP contribution in [-0.4, -0.2) is 51.4 Å². The van der Waals surface area contributed by atoms with Crippen LogP contribution in [0.4, 0.5) is 5.13 Å². The molecular formula is C16H21N5O2S. The number of aryl methyl sites for hydroxylation is 1. The van der Waals surface area contributed by atoms with Crippen LogP contribution >= 0.6 is 11.3 Å². The molecule has 0 aliphatic carbocycles. The van der Waals surface area contributed by atoms with Gasteiger partial charge in [-0.25, -0.2) is 4.98 Å². The van der Waals surface area contributed by atoms with Crippen molar-refractivity contribution in [1.82, 2.24) is 19.7 Å². The van der Waals surface area contributed by atoms with Gasteiger partial charge in [0, 0.05) is 37.3 Å². The molecule has 24 heavy (non-hydrogen) atoms. The third-order valence-corrected chi connectivity index (χ3v) is 5.54. The number of thiazole rings is 1. The number of nitrogens with one attached hydrogen (secondary N) is 1. The van der Waals surface area contributed by atoms with E-state index in [1.54, 1.807) is 0 Å². The van der Waals surface area contributed by atoms with Crippen LogP contribution in [0.1, 0.15) is 17.8 Å². The van der Waals surface area contributed by atoms with Crippen molar-refractivity contribution < 1.29 is 9.53 Å². The number of rotatable bonds is 3. The molecule has 2 aromatic heterocycles. The fourth-order valence-electron chi connectivity index (χ4n) is 3.35. The number of anilines is 1. The first-order chi connectivity index (χ1) is 11.7. The topological polar surface area (TPSA) is 72.3 Å². The molecule has 1 amide bonds. The Kier molecular flexibility index (Phi) is 4.34. The number of hydrogen-bond acceptors (Lipinski definition) is 6. The summed E-state index contributed by atoms with van der Waals surface area (Å²) in [4.78, 5) is 19.5. The van der Waals surface area contributed by atoms with Crippen molar-refractivity contribution in [2.75, 3.05) is 25.1 Å². The lowest BCUT2D eigenvalue weighted by molar-refractivity contribution is -0.121. The van der Waals surface area contributed by atoms with E-state index < -0.39 is 0 Å². The van der Waals surface area contributed by atoms with Crippen molar-refractivity contribution in [2.45, 2.75) is 32.5 Å². The monoisotopic (exact) mass is 347 g/mol. The molecule has 0 spiro atoms. The zero-order chi connectivity index (χ0) is 16.5. The minimum atomic E-state index is -0.157. The molecule has 0 saturated carbocycles. The summed E-state index contributed by atoms with van der Waals surface area (Å²) in [7, 11) is 0. The highest BCUT2D eigenvalue weighted by Gasteiger charge is 2.32. The lowest BCUT2D eigenvalue weighted by Crippen LogP contribution is -2.41. The molecule has 4 heterocycles. The van der Waals surface area contributed by atoms with E-state index in [2.05, 4.69) is 20.3 Å². The highest BCUT2D eigenvalue weighted by atomic mass is 32.1. The Hall–Kier alpha value is -1.77. The molecule has 0 radical (unpaired) electrons. The first-order valence-corrected chi connectivity index (χ1v) is 9.12. The SMILES string of the molecule is Cc1csc(NC(=O)C2CN(C3CCOC3)Cc3ccnn3C2)n1. The van der Waals surface area contributed by atoms with Gasteiger partial charge in [0.1, 0.15) is 0 Å². The third-order valence-electron chi connectivity index (χ3n) is 4.66. The molecule has 2 aliphatic heterocycles. The van der Waals surface area contributed by atoms with Crippen molar-refractivity contribution in [2.24, 2.45) is 5.92 Å². The smallest absolute Gasteiger partial charge is 0.232 e. The van der Waals surface area contributed by atoms with Crippen molar-refractivity contribution in [1.29, 1.82) is 0 Å². The third kappa shape index (κ3) is 3.22. The molecule has 0 bridgehead atoms. The molecule has 2 aromatic rings. The zero-order valence-electron chi connectivity index (χ0n) is 13.6. The van der Waals surface area contributed by atoms with Gasteiger partial charge >= 0.3 is 0 Å². The zero-order valence-corrected chi connectivity index (χ0v) is 14.5. The van der Waals surface area contributed by atoms with Crippen molar-refractivity contribution in [3.8, 4) is 0 Å². The summed E-state index contributed by atoms with van der Waals surface area (Å²) in [6.07, 6.45) is 2.83. The molecule has 128 valence electrons. The Morgan fingerprint density at radius 3 is 3.12 bits per heavy atom. The Morgan fingerprint density at radius 1 is 1.46 bits per heavy atom. The maximum Gasteiger partial charge on any atom is 0.232 e. The molecular weight excluding hydrogens is 326 g/mol. The Morgan fingerprint density at radius 2 is 2.38 bits per heavy atom. The van der Waals surface area contributed by atoms with E-state index in [0.717, 1.165) is 37.6 Å². The molecule has 2 atom stereocenters. The van der Waals surface area contributed by atoms with Crippen molar-refractivity contribution in [3.63, 3.8) is 0 Å². The maximum atomic E-state index is 12.8. The van der Waals surface area contributed by atoms with Crippen LogP contribution in [0.5, 0.6) is 0 Å². The van der Waals surface area contributed by atoms with Crippen LogP contribution in [0.25, 0.3) is 0 Å². The Bertz CT molecular complexity index is 722. The number of carbonyl (C=O) groups is 1. The van der Waals surface area contributed by atoms with Crippen LogP contribution in [0.2, 0.25) is 0 Å². The highest BCUT2D eigenvalue weighted by molar-refractivity contribution is 7.13. The second-order valence-electron chi connectivity index (χ2n) is 6.43. The van der Waals surface area contributed by atoms with Gasteiger partial charge in [-0.05, 0) is 19.4 Å². The van der Waals surface area contributed by atoms with Gasteiger partial charge in [-0.1, -0.05) is 0 Å². The summed E-state index contributed by atoms with van der Waals surface area (Å²) in [5.74, 6) is -0.146. The Balaban J connectivity index is 1.53. The predicted octanol–water partition coefficient (Wildman–Crippen LogP) is 1.51. The van der Waals surface area contributed by atoms with Gasteiger partial charge in [0.25, 0.3) is 0 Å². The highest BCUT2D eigenvalue weighted by Crippen LogP contribution is 2.23. The minimum Gasteiger partial charge on any atom is -0.380 e. The number of carbonyl (C=O) groups excluding carboxylic acids is 1. The van der Waals surface area contributed by atoms with E-state index >= 15 is 0 Å². The predicted molar refractivity (Wildman–Crippen MR) is 90.8 cm³/mol. The van der Waals surface area contributed by atoms with Crippen molar-refractivity contribution in [3.05, 3.63) is 29.0 Å². The van der Waals surface area contributed by atoms with E-state index in [1.807, 2.05) is 29.2 Å². The summed E-state index contributed by atoms with van der Waals surface area (Å²) >= 11 is 1.46. The van der Waals surface area contributed by atoms with Crippen LogP contribution in [0, 0.1) is 12.8 Å².